The maximum atomic E-state index is 11.8. The Morgan fingerprint density at radius 1 is 1.44 bits per heavy atom. The van der Waals surface area contributed by atoms with Crippen LogP contribution in [0.1, 0.15) is 12.2 Å². The molecule has 1 aromatic heterocycles. The molecule has 8 heteroatoms. The summed E-state index contributed by atoms with van der Waals surface area (Å²) >= 11 is 0. The van der Waals surface area contributed by atoms with Gasteiger partial charge in [0.15, 0.2) is 0 Å². The fourth-order valence-corrected chi connectivity index (χ4v) is 1.75. The van der Waals surface area contributed by atoms with Crippen LogP contribution in [0.5, 0.6) is 6.01 Å². The van der Waals surface area contributed by atoms with Crippen molar-refractivity contribution < 1.29 is 14.3 Å². The molecule has 0 radical (unpaired) electrons. The lowest BCUT2D eigenvalue weighted by molar-refractivity contribution is -0.123. The average molecular weight is 251 g/mol. The van der Waals surface area contributed by atoms with E-state index in [4.69, 9.17) is 10.5 Å². The number of ether oxygens (including phenoxy) is 1. The van der Waals surface area contributed by atoms with Crippen LogP contribution in [0.3, 0.4) is 0 Å². The van der Waals surface area contributed by atoms with Crippen molar-refractivity contribution in [2.24, 2.45) is 11.7 Å². The van der Waals surface area contributed by atoms with Gasteiger partial charge in [-0.2, -0.15) is 15.0 Å². The lowest BCUT2D eigenvalue weighted by Gasteiger charge is -2.14. The quantitative estimate of drug-likeness (QED) is 0.739. The minimum Gasteiger partial charge on any atom is -0.467 e. The normalized spacial score (nSPS) is 19.1. The minimum absolute atomic E-state index is 0.0857. The van der Waals surface area contributed by atoms with Gasteiger partial charge in [-0.15, -0.1) is 0 Å². The van der Waals surface area contributed by atoms with Crippen LogP contribution in [-0.4, -0.2) is 40.4 Å². The third-order valence-electron chi connectivity index (χ3n) is 2.67. The molecule has 1 aromatic rings. The molecule has 18 heavy (non-hydrogen) atoms. The van der Waals surface area contributed by atoms with E-state index in [1.54, 1.807) is 6.92 Å². The number of hydrogen-bond acceptors (Lipinski definition) is 6. The number of primary amides is 1. The number of nitrogens with two attached hydrogens (primary N) is 1. The van der Waals surface area contributed by atoms with Gasteiger partial charge in [0.05, 0.1) is 13.0 Å². The first kappa shape index (κ1) is 12.2. The number of methoxy groups -OCH3 is 1. The minimum atomic E-state index is -0.499. The van der Waals surface area contributed by atoms with Crippen molar-refractivity contribution in [2.75, 3.05) is 18.6 Å². The third kappa shape index (κ3) is 2.22. The zero-order valence-electron chi connectivity index (χ0n) is 10.1. The highest BCUT2D eigenvalue weighted by atomic mass is 16.5. The maximum Gasteiger partial charge on any atom is 0.321 e. The second kappa shape index (κ2) is 4.55. The van der Waals surface area contributed by atoms with Crippen LogP contribution in [0.25, 0.3) is 0 Å². The van der Waals surface area contributed by atoms with E-state index < -0.39 is 11.8 Å². The van der Waals surface area contributed by atoms with E-state index in [0.717, 1.165) is 0 Å². The van der Waals surface area contributed by atoms with Crippen molar-refractivity contribution in [3.8, 4) is 6.01 Å². The first-order valence-corrected chi connectivity index (χ1v) is 5.37. The van der Waals surface area contributed by atoms with E-state index in [1.165, 1.54) is 12.0 Å². The summed E-state index contributed by atoms with van der Waals surface area (Å²) in [6.45, 7) is 1.86. The van der Waals surface area contributed by atoms with E-state index >= 15 is 0 Å². The van der Waals surface area contributed by atoms with Gasteiger partial charge < -0.3 is 10.5 Å². The molecule has 8 nitrogen and oxygen atoms in total. The summed E-state index contributed by atoms with van der Waals surface area (Å²) < 4.78 is 4.91. The maximum absolute atomic E-state index is 11.8. The Morgan fingerprint density at radius 3 is 2.72 bits per heavy atom. The van der Waals surface area contributed by atoms with Crippen LogP contribution in [0.15, 0.2) is 0 Å². The molecule has 0 saturated carbocycles. The first-order chi connectivity index (χ1) is 8.51. The number of nitrogens with zero attached hydrogens (tertiary/aromatic N) is 4. The van der Waals surface area contributed by atoms with Gasteiger partial charge in [0, 0.05) is 13.0 Å². The van der Waals surface area contributed by atoms with Crippen LogP contribution in [0.2, 0.25) is 0 Å². The zero-order chi connectivity index (χ0) is 13.3. The number of carbonyl (C=O) groups is 2. The number of amides is 2. The third-order valence-corrected chi connectivity index (χ3v) is 2.67. The second-order valence-corrected chi connectivity index (χ2v) is 3.98. The van der Waals surface area contributed by atoms with Crippen molar-refractivity contribution >= 4 is 17.8 Å². The Kier molecular flexibility index (Phi) is 3.09. The molecule has 2 heterocycles. The Labute approximate surface area is 103 Å². The van der Waals surface area contributed by atoms with Crippen molar-refractivity contribution in [3.05, 3.63) is 5.82 Å². The highest BCUT2D eigenvalue weighted by molar-refractivity contribution is 5.98. The lowest BCUT2D eigenvalue weighted by Crippen LogP contribution is -2.30. The van der Waals surface area contributed by atoms with Crippen molar-refractivity contribution in [1.29, 1.82) is 0 Å². The van der Waals surface area contributed by atoms with Crippen molar-refractivity contribution in [1.82, 2.24) is 15.0 Å². The molecule has 96 valence electrons. The van der Waals surface area contributed by atoms with Crippen LogP contribution in [0, 0.1) is 12.8 Å². The number of aryl methyl sites for hydroxylation is 1. The number of anilines is 1. The Bertz CT molecular complexity index is 504. The van der Waals surface area contributed by atoms with Gasteiger partial charge in [-0.3, -0.25) is 14.5 Å². The molecule has 2 rings (SSSR count). The SMILES string of the molecule is COc1nc(C)nc(N2CC(C(N)=O)CC2=O)n1. The van der Waals surface area contributed by atoms with E-state index in [2.05, 4.69) is 15.0 Å². The standard InChI is InChI=1S/C10H13N5O3/c1-5-12-9(14-10(13-5)18-2)15-4-6(8(11)17)3-7(15)16/h6H,3-4H2,1-2H3,(H2,11,17). The Balaban J connectivity index is 2.29. The van der Waals surface area contributed by atoms with Crippen molar-refractivity contribution in [3.63, 3.8) is 0 Å². The molecule has 1 atom stereocenters. The Morgan fingerprint density at radius 2 is 2.17 bits per heavy atom. The summed E-state index contributed by atoms with van der Waals surface area (Å²) in [6.07, 6.45) is 0.0857. The highest BCUT2D eigenvalue weighted by Crippen LogP contribution is 2.22. The van der Waals surface area contributed by atoms with Gasteiger partial charge in [0.2, 0.25) is 17.8 Å². The van der Waals surface area contributed by atoms with Gasteiger partial charge in [-0.25, -0.2) is 0 Å². The summed E-state index contributed by atoms with van der Waals surface area (Å²) in [5.41, 5.74) is 5.19. The van der Waals surface area contributed by atoms with E-state index in [0.29, 0.717) is 5.82 Å². The van der Waals surface area contributed by atoms with E-state index in [1.807, 2.05) is 0 Å². The van der Waals surface area contributed by atoms with Crippen LogP contribution in [0.4, 0.5) is 5.95 Å². The smallest absolute Gasteiger partial charge is 0.321 e. The number of hydrogen-bond donors (Lipinski definition) is 1. The van der Waals surface area contributed by atoms with E-state index in [9.17, 15) is 9.59 Å². The molecule has 1 aliphatic heterocycles. The molecule has 0 spiro atoms. The van der Waals surface area contributed by atoms with E-state index in [-0.39, 0.29) is 30.8 Å². The molecule has 1 fully saturated rings. The van der Waals surface area contributed by atoms with Gasteiger partial charge in [0.25, 0.3) is 0 Å². The molecular weight excluding hydrogens is 238 g/mol. The monoisotopic (exact) mass is 251 g/mol. The zero-order valence-corrected chi connectivity index (χ0v) is 10.1. The topological polar surface area (TPSA) is 111 Å². The molecular formula is C10H13N5O3. The summed E-state index contributed by atoms with van der Waals surface area (Å²) in [4.78, 5) is 36.2. The molecule has 0 bridgehead atoms. The number of carbonyl (C=O) groups excluding carboxylic acids is 2. The van der Waals surface area contributed by atoms with Gasteiger partial charge in [0.1, 0.15) is 5.82 Å². The van der Waals surface area contributed by atoms with Gasteiger partial charge >= 0.3 is 6.01 Å². The van der Waals surface area contributed by atoms with Crippen LogP contribution < -0.4 is 15.4 Å². The molecule has 2 amide bonds. The molecule has 1 saturated heterocycles. The average Bonchev–Trinajstić information content (AvgIpc) is 2.70. The summed E-state index contributed by atoms with van der Waals surface area (Å²) in [7, 11) is 1.43. The number of aromatic nitrogens is 3. The predicted octanol–water partition coefficient (Wildman–Crippen LogP) is -0.973. The molecule has 1 unspecified atom stereocenters. The summed E-state index contributed by atoms with van der Waals surface area (Å²) in [5, 5.41) is 0. The predicted molar refractivity (Wildman–Crippen MR) is 60.8 cm³/mol. The van der Waals surface area contributed by atoms with Crippen molar-refractivity contribution in [2.45, 2.75) is 13.3 Å². The Hall–Kier alpha value is -2.25. The van der Waals surface area contributed by atoms with Gasteiger partial charge in [-0.05, 0) is 6.92 Å². The van der Waals surface area contributed by atoms with Gasteiger partial charge in [-0.1, -0.05) is 0 Å². The molecule has 0 aromatic carbocycles. The largest absolute Gasteiger partial charge is 0.467 e. The fraction of sp³-hybridized carbons (Fsp3) is 0.500. The van der Waals surface area contributed by atoms with Crippen LogP contribution in [-0.2, 0) is 9.59 Å². The fourth-order valence-electron chi connectivity index (χ4n) is 1.75. The lowest BCUT2D eigenvalue weighted by atomic mass is 10.1. The number of rotatable bonds is 3. The summed E-state index contributed by atoms with van der Waals surface area (Å²) in [6, 6.07) is 0.132. The highest BCUT2D eigenvalue weighted by Gasteiger charge is 2.35. The second-order valence-electron chi connectivity index (χ2n) is 3.98. The van der Waals surface area contributed by atoms with Crippen LogP contribution >= 0.6 is 0 Å². The molecule has 2 N–H and O–H groups in total. The first-order valence-electron chi connectivity index (χ1n) is 5.37. The molecule has 0 aliphatic carbocycles. The molecule has 1 aliphatic rings. The summed E-state index contributed by atoms with van der Waals surface area (Å²) in [5.74, 6) is -0.601.